The molecule has 9 heteroatoms. The summed E-state index contributed by atoms with van der Waals surface area (Å²) in [6.45, 7) is 5.88. The second-order valence-electron chi connectivity index (χ2n) is 10.6. The fourth-order valence-corrected chi connectivity index (χ4v) is 5.66. The second-order valence-corrected chi connectivity index (χ2v) is 10.6. The predicted molar refractivity (Wildman–Crippen MR) is 154 cm³/mol. The predicted octanol–water partition coefficient (Wildman–Crippen LogP) is 6.58. The third kappa shape index (κ3) is 4.95. The number of carboxylic acid groups (broad SMARTS) is 1. The van der Waals surface area contributed by atoms with E-state index in [1.807, 2.05) is 39.0 Å². The molecule has 1 aliphatic rings. The van der Waals surface area contributed by atoms with Crippen LogP contribution in [0.25, 0.3) is 16.5 Å². The molecule has 0 radical (unpaired) electrons. The van der Waals surface area contributed by atoms with Gasteiger partial charge in [0.2, 0.25) is 0 Å². The average molecular weight is 556 g/mol. The lowest BCUT2D eigenvalue weighted by molar-refractivity contribution is -0.130. The fraction of sp³-hybridized carbons (Fsp3) is 0.219. The highest BCUT2D eigenvalue weighted by Gasteiger charge is 2.43. The molecule has 1 atom stereocenters. The number of benzene rings is 3. The van der Waals surface area contributed by atoms with E-state index >= 15 is 0 Å². The number of aromatic nitrogens is 1. The minimum absolute atomic E-state index is 0.0851. The number of H-pyrrole nitrogens is 1. The molecule has 210 valence electrons. The summed E-state index contributed by atoms with van der Waals surface area (Å²) < 4.78 is 19.2. The van der Waals surface area contributed by atoms with Crippen molar-refractivity contribution in [2.24, 2.45) is 0 Å². The Morgan fingerprint density at radius 1 is 1.05 bits per heavy atom. The van der Waals surface area contributed by atoms with Gasteiger partial charge in [-0.2, -0.15) is 0 Å². The SMILES string of the molecule is CCC1N(C(=O)c2ccc(F)cc2)C=C(C(=O)O)c2[nH]c3cc(OC(=O)N(C)c4ccccc4)ccc3c2C1(C)C. The van der Waals surface area contributed by atoms with Crippen molar-refractivity contribution in [2.45, 2.75) is 38.6 Å². The van der Waals surface area contributed by atoms with Crippen molar-refractivity contribution >= 4 is 40.1 Å². The highest BCUT2D eigenvalue weighted by atomic mass is 19.1. The number of nitrogens with zero attached hydrogens (tertiary/aromatic N) is 2. The normalized spacial score (nSPS) is 16.0. The molecule has 0 bridgehead atoms. The van der Waals surface area contributed by atoms with Crippen LogP contribution in [0.15, 0.2) is 79.0 Å². The maximum absolute atomic E-state index is 13.6. The van der Waals surface area contributed by atoms with Crippen LogP contribution < -0.4 is 9.64 Å². The third-order valence-corrected chi connectivity index (χ3v) is 7.69. The first-order valence-electron chi connectivity index (χ1n) is 13.2. The van der Waals surface area contributed by atoms with E-state index in [0.717, 1.165) is 10.9 Å². The van der Waals surface area contributed by atoms with Crippen LogP contribution >= 0.6 is 0 Å². The number of nitrogens with one attached hydrogen (secondary N) is 1. The van der Waals surface area contributed by atoms with E-state index in [9.17, 15) is 23.9 Å². The fourth-order valence-electron chi connectivity index (χ4n) is 5.66. The Kier molecular flexibility index (Phi) is 7.13. The maximum Gasteiger partial charge on any atom is 0.419 e. The van der Waals surface area contributed by atoms with Gasteiger partial charge >= 0.3 is 12.1 Å². The van der Waals surface area contributed by atoms with Crippen LogP contribution in [0.1, 0.15) is 48.8 Å². The van der Waals surface area contributed by atoms with Gasteiger partial charge in [-0.3, -0.25) is 9.69 Å². The standard InChI is InChI=1S/C32H30FN3O5/c1-5-26-32(2,3)27-23-16-15-22(41-31(40)35(4)21-9-7-6-8-10-21)17-25(23)34-28(27)24(30(38)39)18-36(26)29(37)19-11-13-20(33)14-12-19/h6-18,26,34H,5H2,1-4H3,(H,38,39). The number of amides is 2. The average Bonchev–Trinajstić information content (AvgIpc) is 3.29. The first kappa shape index (κ1) is 27.6. The van der Waals surface area contributed by atoms with Gasteiger partial charge in [-0.25, -0.2) is 14.0 Å². The Morgan fingerprint density at radius 2 is 1.73 bits per heavy atom. The van der Waals surface area contributed by atoms with Gasteiger partial charge in [-0.15, -0.1) is 0 Å². The molecule has 0 spiro atoms. The quantitative estimate of drug-likeness (QED) is 0.290. The number of hydrogen-bond donors (Lipinski definition) is 2. The van der Waals surface area contributed by atoms with Crippen molar-refractivity contribution in [3.05, 3.63) is 102 Å². The summed E-state index contributed by atoms with van der Waals surface area (Å²) in [7, 11) is 1.61. The zero-order valence-corrected chi connectivity index (χ0v) is 23.1. The maximum atomic E-state index is 13.6. The highest BCUT2D eigenvalue weighted by Crippen LogP contribution is 2.45. The van der Waals surface area contributed by atoms with Crippen molar-refractivity contribution in [3.8, 4) is 5.75 Å². The number of aliphatic carboxylic acids is 1. The van der Waals surface area contributed by atoms with E-state index in [4.69, 9.17) is 4.74 Å². The molecule has 1 aromatic heterocycles. The van der Waals surface area contributed by atoms with Crippen LogP contribution in [0, 0.1) is 5.82 Å². The summed E-state index contributed by atoms with van der Waals surface area (Å²) in [6.07, 6.45) is 1.31. The first-order valence-corrected chi connectivity index (χ1v) is 13.2. The molecule has 3 aromatic carbocycles. The van der Waals surface area contributed by atoms with Gasteiger partial charge in [0.05, 0.1) is 11.3 Å². The van der Waals surface area contributed by atoms with Crippen molar-refractivity contribution in [2.75, 3.05) is 11.9 Å². The van der Waals surface area contributed by atoms with Gasteiger partial charge in [-0.1, -0.05) is 39.0 Å². The third-order valence-electron chi connectivity index (χ3n) is 7.69. The number of fused-ring (bicyclic) bond motifs is 3. The number of hydrogen-bond acceptors (Lipinski definition) is 4. The highest BCUT2D eigenvalue weighted by molar-refractivity contribution is 6.17. The van der Waals surface area contributed by atoms with Crippen LogP contribution in [-0.2, 0) is 10.2 Å². The lowest BCUT2D eigenvalue weighted by atomic mass is 9.74. The summed E-state index contributed by atoms with van der Waals surface area (Å²) in [5.74, 6) is -1.81. The number of carboxylic acids is 1. The minimum Gasteiger partial charge on any atom is -0.478 e. The van der Waals surface area contributed by atoms with Gasteiger partial charge < -0.3 is 19.7 Å². The smallest absolute Gasteiger partial charge is 0.419 e. The van der Waals surface area contributed by atoms with Gasteiger partial charge in [-0.05, 0) is 60.5 Å². The molecule has 0 fully saturated rings. The number of carbonyl (C=O) groups excluding carboxylic acids is 2. The van der Waals surface area contributed by atoms with E-state index in [1.54, 1.807) is 37.4 Å². The number of aromatic amines is 1. The summed E-state index contributed by atoms with van der Waals surface area (Å²) in [4.78, 5) is 45.1. The summed E-state index contributed by atoms with van der Waals surface area (Å²) in [5.41, 5.74) is 1.83. The summed E-state index contributed by atoms with van der Waals surface area (Å²) in [5, 5.41) is 11.0. The number of carbonyl (C=O) groups is 3. The van der Waals surface area contributed by atoms with E-state index in [1.165, 1.54) is 40.3 Å². The van der Waals surface area contributed by atoms with Gasteiger partial charge in [0.25, 0.3) is 5.91 Å². The van der Waals surface area contributed by atoms with E-state index < -0.39 is 35.2 Å². The molecule has 5 rings (SSSR count). The lowest BCUT2D eigenvalue weighted by Crippen LogP contribution is -2.47. The van der Waals surface area contributed by atoms with Gasteiger partial charge in [0, 0.05) is 52.9 Å². The number of anilines is 1. The topological polar surface area (TPSA) is 103 Å². The van der Waals surface area contributed by atoms with Crippen molar-refractivity contribution in [1.29, 1.82) is 0 Å². The van der Waals surface area contributed by atoms with E-state index in [-0.39, 0.29) is 11.1 Å². The van der Waals surface area contributed by atoms with Crippen LogP contribution in [-0.4, -0.2) is 46.0 Å². The number of rotatable bonds is 5. The lowest BCUT2D eigenvalue weighted by Gasteiger charge is -2.39. The molecule has 0 saturated carbocycles. The first-order chi connectivity index (χ1) is 19.5. The van der Waals surface area contributed by atoms with Crippen molar-refractivity contribution in [3.63, 3.8) is 0 Å². The van der Waals surface area contributed by atoms with Crippen molar-refractivity contribution in [1.82, 2.24) is 9.88 Å². The van der Waals surface area contributed by atoms with Gasteiger partial charge in [0.1, 0.15) is 11.6 Å². The van der Waals surface area contributed by atoms with Gasteiger partial charge in [0.15, 0.2) is 0 Å². The molecule has 4 aromatic rings. The van der Waals surface area contributed by atoms with Crippen LogP contribution in [0.3, 0.4) is 0 Å². The largest absolute Gasteiger partial charge is 0.478 e. The summed E-state index contributed by atoms with van der Waals surface area (Å²) in [6, 6.07) is 19.0. The molecular formula is C32H30FN3O5. The van der Waals surface area contributed by atoms with Crippen LogP contribution in [0.2, 0.25) is 0 Å². The molecule has 2 amide bonds. The zero-order valence-electron chi connectivity index (χ0n) is 23.1. The molecule has 2 heterocycles. The second kappa shape index (κ2) is 10.6. The molecule has 1 aliphatic heterocycles. The number of ether oxygens (including phenoxy) is 1. The molecule has 1 unspecified atom stereocenters. The molecule has 0 aliphatic carbocycles. The van der Waals surface area contributed by atoms with Crippen LogP contribution in [0.4, 0.5) is 14.9 Å². The molecular weight excluding hydrogens is 525 g/mol. The molecule has 41 heavy (non-hydrogen) atoms. The van der Waals surface area contributed by atoms with E-state index in [0.29, 0.717) is 29.1 Å². The Balaban J connectivity index is 1.58. The monoisotopic (exact) mass is 555 g/mol. The minimum atomic E-state index is -1.21. The Bertz CT molecular complexity index is 1670. The number of halogens is 1. The Hall–Kier alpha value is -4.92. The molecule has 0 saturated heterocycles. The Morgan fingerprint density at radius 3 is 2.37 bits per heavy atom. The molecule has 8 nitrogen and oxygen atoms in total. The van der Waals surface area contributed by atoms with Crippen LogP contribution in [0.5, 0.6) is 5.75 Å². The van der Waals surface area contributed by atoms with Crippen molar-refractivity contribution < 1.29 is 28.6 Å². The van der Waals surface area contributed by atoms with E-state index in [2.05, 4.69) is 4.98 Å². The summed E-state index contributed by atoms with van der Waals surface area (Å²) >= 11 is 0. The Labute approximate surface area is 236 Å². The zero-order chi connectivity index (χ0) is 29.5. The number of para-hydroxylation sites is 1. The molecule has 2 N–H and O–H groups in total.